The van der Waals surface area contributed by atoms with Crippen molar-refractivity contribution in [2.75, 3.05) is 19.8 Å². The summed E-state index contributed by atoms with van der Waals surface area (Å²) in [6, 6.07) is 0. The second-order valence-corrected chi connectivity index (χ2v) is 7.24. The number of hydrogen-bond acceptors (Lipinski definition) is 5. The molecule has 1 N–H and O–H groups in total. The van der Waals surface area contributed by atoms with Crippen LogP contribution in [0.3, 0.4) is 0 Å². The number of esters is 1. The van der Waals surface area contributed by atoms with Crippen molar-refractivity contribution in [3.63, 3.8) is 0 Å². The van der Waals surface area contributed by atoms with E-state index in [4.69, 9.17) is 14.2 Å². The predicted octanol–water partition coefficient (Wildman–Crippen LogP) is 3.16. The van der Waals surface area contributed by atoms with Crippen molar-refractivity contribution < 1.29 is 23.8 Å². The lowest BCUT2D eigenvalue weighted by atomic mass is 9.86. The summed E-state index contributed by atoms with van der Waals surface area (Å²) in [4.78, 5) is 24.1. The molecule has 1 heterocycles. The highest BCUT2D eigenvalue weighted by Gasteiger charge is 2.40. The summed E-state index contributed by atoms with van der Waals surface area (Å²) in [5.74, 6) is 0.891. The highest BCUT2D eigenvalue weighted by molar-refractivity contribution is 5.86. The van der Waals surface area contributed by atoms with E-state index >= 15 is 0 Å². The quantitative estimate of drug-likeness (QED) is 0.449. The lowest BCUT2D eigenvalue weighted by Gasteiger charge is -2.37. The van der Waals surface area contributed by atoms with E-state index in [9.17, 15) is 9.59 Å². The number of benzene rings is 1. The van der Waals surface area contributed by atoms with Gasteiger partial charge in [0.1, 0.15) is 11.5 Å². The molecule has 1 unspecified atom stereocenters. The molecule has 1 aromatic rings. The molecule has 27 heavy (non-hydrogen) atoms. The third-order valence-electron chi connectivity index (χ3n) is 5.17. The Morgan fingerprint density at radius 1 is 1.19 bits per heavy atom. The molecule has 1 aromatic carbocycles. The van der Waals surface area contributed by atoms with E-state index in [1.807, 2.05) is 34.6 Å². The fourth-order valence-electron chi connectivity index (χ4n) is 3.40. The van der Waals surface area contributed by atoms with E-state index in [1.54, 1.807) is 0 Å². The third-order valence-corrected chi connectivity index (χ3v) is 5.17. The Labute approximate surface area is 161 Å². The average Bonchev–Trinajstić information content (AvgIpc) is 2.62. The maximum Gasteiger partial charge on any atom is 0.308 e. The van der Waals surface area contributed by atoms with Gasteiger partial charge in [-0.1, -0.05) is 0 Å². The molecule has 0 saturated carbocycles. The third kappa shape index (κ3) is 4.61. The smallest absolute Gasteiger partial charge is 0.308 e. The van der Waals surface area contributed by atoms with Crippen LogP contribution >= 0.6 is 0 Å². The van der Waals surface area contributed by atoms with Crippen molar-refractivity contribution in [3.8, 4) is 11.5 Å². The number of ether oxygens (including phenoxy) is 3. The van der Waals surface area contributed by atoms with Crippen LogP contribution in [0.1, 0.15) is 55.9 Å². The van der Waals surface area contributed by atoms with E-state index in [1.165, 1.54) is 6.92 Å². The minimum atomic E-state index is -0.912. The lowest BCUT2D eigenvalue weighted by molar-refractivity contribution is -0.137. The number of fused-ring (bicyclic) bond motifs is 1. The van der Waals surface area contributed by atoms with Gasteiger partial charge in [-0.3, -0.25) is 9.59 Å². The Morgan fingerprint density at radius 3 is 2.52 bits per heavy atom. The molecule has 0 bridgehead atoms. The average molecular weight is 377 g/mol. The summed E-state index contributed by atoms with van der Waals surface area (Å²) in [5, 5.41) is 2.96. The van der Waals surface area contributed by atoms with Crippen LogP contribution in [0.25, 0.3) is 0 Å². The summed E-state index contributed by atoms with van der Waals surface area (Å²) in [7, 11) is 0. The summed E-state index contributed by atoms with van der Waals surface area (Å²) in [5.41, 5.74) is 2.77. The fourth-order valence-corrected chi connectivity index (χ4v) is 3.40. The van der Waals surface area contributed by atoms with Crippen LogP contribution in [0.4, 0.5) is 0 Å². The van der Waals surface area contributed by atoms with Gasteiger partial charge >= 0.3 is 5.97 Å². The number of hydrogen-bond donors (Lipinski definition) is 1. The van der Waals surface area contributed by atoms with E-state index in [2.05, 4.69) is 5.32 Å². The molecule has 6 heteroatoms. The topological polar surface area (TPSA) is 73.9 Å². The summed E-state index contributed by atoms with van der Waals surface area (Å²) in [6.45, 7) is 12.8. The van der Waals surface area contributed by atoms with Crippen molar-refractivity contribution in [3.05, 3.63) is 22.3 Å². The van der Waals surface area contributed by atoms with Gasteiger partial charge in [0.2, 0.25) is 0 Å². The SMILES string of the molecule is CCOCCCNC(=O)C1(C)CCc2c(C)c(OC(C)=O)c(C)c(C)c2O1. The Balaban J connectivity index is 2.19. The van der Waals surface area contributed by atoms with Crippen LogP contribution in [-0.2, 0) is 20.7 Å². The zero-order chi connectivity index (χ0) is 20.2. The fraction of sp³-hybridized carbons (Fsp3) is 0.619. The van der Waals surface area contributed by atoms with Crippen LogP contribution in [0, 0.1) is 20.8 Å². The minimum absolute atomic E-state index is 0.108. The van der Waals surface area contributed by atoms with Gasteiger partial charge in [0, 0.05) is 38.7 Å². The van der Waals surface area contributed by atoms with Crippen LogP contribution in [0.15, 0.2) is 0 Å². The number of carbonyl (C=O) groups excluding carboxylic acids is 2. The van der Waals surface area contributed by atoms with Gasteiger partial charge in [0.05, 0.1) is 0 Å². The maximum atomic E-state index is 12.7. The van der Waals surface area contributed by atoms with Crippen LogP contribution in [-0.4, -0.2) is 37.2 Å². The predicted molar refractivity (Wildman–Crippen MR) is 103 cm³/mol. The zero-order valence-corrected chi connectivity index (χ0v) is 17.3. The molecule has 1 aliphatic heterocycles. The summed E-state index contributed by atoms with van der Waals surface area (Å²) in [6.07, 6.45) is 2.04. The van der Waals surface area contributed by atoms with Gasteiger partial charge in [-0.05, 0) is 64.2 Å². The summed E-state index contributed by atoms with van der Waals surface area (Å²) >= 11 is 0. The zero-order valence-electron chi connectivity index (χ0n) is 17.3. The number of rotatable bonds is 7. The second-order valence-electron chi connectivity index (χ2n) is 7.24. The first-order valence-corrected chi connectivity index (χ1v) is 9.57. The van der Waals surface area contributed by atoms with Gasteiger partial charge in [0.25, 0.3) is 5.91 Å². The standard InChI is InChI=1S/C21H31NO5/c1-7-25-12-8-11-22-20(24)21(6)10-9-17-15(4)18(26-16(5)23)13(2)14(3)19(17)27-21/h7-12H2,1-6H3,(H,22,24). The largest absolute Gasteiger partial charge is 0.477 e. The van der Waals surface area contributed by atoms with Crippen LogP contribution in [0.2, 0.25) is 0 Å². The molecule has 1 amide bonds. The number of nitrogens with one attached hydrogen (secondary N) is 1. The summed E-state index contributed by atoms with van der Waals surface area (Å²) < 4.78 is 16.9. The Kier molecular flexibility index (Phi) is 6.87. The lowest BCUT2D eigenvalue weighted by Crippen LogP contribution is -2.51. The Morgan fingerprint density at radius 2 is 1.89 bits per heavy atom. The second kappa shape index (κ2) is 8.74. The molecular weight excluding hydrogens is 346 g/mol. The van der Waals surface area contributed by atoms with Crippen LogP contribution < -0.4 is 14.8 Å². The molecular formula is C21H31NO5. The normalized spacial score (nSPS) is 18.4. The van der Waals surface area contributed by atoms with Crippen molar-refractivity contribution in [1.82, 2.24) is 5.32 Å². The Hall–Kier alpha value is -2.08. The Bertz CT molecular complexity index is 728. The minimum Gasteiger partial charge on any atom is -0.477 e. The molecule has 1 atom stereocenters. The monoisotopic (exact) mass is 377 g/mol. The van der Waals surface area contributed by atoms with E-state index in [0.717, 1.165) is 34.4 Å². The van der Waals surface area contributed by atoms with Crippen molar-refractivity contribution in [2.24, 2.45) is 0 Å². The van der Waals surface area contributed by atoms with Crippen molar-refractivity contribution in [1.29, 1.82) is 0 Å². The first-order valence-electron chi connectivity index (χ1n) is 9.57. The molecule has 0 aromatic heterocycles. The number of carbonyl (C=O) groups is 2. The molecule has 2 rings (SSSR count). The highest BCUT2D eigenvalue weighted by Crippen LogP contribution is 2.43. The van der Waals surface area contributed by atoms with E-state index in [0.29, 0.717) is 38.3 Å². The maximum absolute atomic E-state index is 12.7. The molecule has 0 spiro atoms. The molecule has 150 valence electrons. The van der Waals surface area contributed by atoms with Gasteiger partial charge in [-0.15, -0.1) is 0 Å². The highest BCUT2D eigenvalue weighted by atomic mass is 16.5. The van der Waals surface area contributed by atoms with Crippen LogP contribution in [0.5, 0.6) is 11.5 Å². The first kappa shape index (κ1) is 21.2. The number of amides is 1. The molecule has 0 fully saturated rings. The van der Waals surface area contributed by atoms with Gasteiger partial charge < -0.3 is 19.5 Å². The van der Waals surface area contributed by atoms with Gasteiger partial charge in [-0.2, -0.15) is 0 Å². The molecule has 0 aliphatic carbocycles. The molecule has 1 aliphatic rings. The van der Waals surface area contributed by atoms with Crippen molar-refractivity contribution in [2.45, 2.75) is 66.4 Å². The molecule has 0 radical (unpaired) electrons. The van der Waals surface area contributed by atoms with E-state index < -0.39 is 5.60 Å². The van der Waals surface area contributed by atoms with Crippen molar-refractivity contribution >= 4 is 11.9 Å². The van der Waals surface area contributed by atoms with E-state index in [-0.39, 0.29) is 11.9 Å². The first-order chi connectivity index (χ1) is 12.7. The van der Waals surface area contributed by atoms with Gasteiger partial charge in [0.15, 0.2) is 5.60 Å². The molecule has 6 nitrogen and oxygen atoms in total. The molecule has 0 saturated heterocycles. The van der Waals surface area contributed by atoms with Gasteiger partial charge in [-0.25, -0.2) is 0 Å².